The first-order valence-corrected chi connectivity index (χ1v) is 4.51. The zero-order valence-electron chi connectivity index (χ0n) is 8.27. The molecule has 0 radical (unpaired) electrons. The van der Waals surface area contributed by atoms with Gasteiger partial charge in [-0.15, -0.1) is 0 Å². The van der Waals surface area contributed by atoms with Gasteiger partial charge in [0, 0.05) is 17.6 Å². The molecule has 0 bridgehead atoms. The van der Waals surface area contributed by atoms with Gasteiger partial charge in [0.05, 0.1) is 12.6 Å². The fourth-order valence-electron chi connectivity index (χ4n) is 1.44. The number of benzene rings is 1. The van der Waals surface area contributed by atoms with Crippen LogP contribution < -0.4 is 10.2 Å². The summed E-state index contributed by atoms with van der Waals surface area (Å²) in [6.45, 7) is 0. The lowest BCUT2D eigenvalue weighted by molar-refractivity contribution is 0.374. The molecule has 1 heterocycles. The number of aromatic nitrogens is 1. The number of methoxy groups -OCH3 is 1. The number of hydrogen-bond acceptors (Lipinski definition) is 4. The lowest BCUT2D eigenvalue weighted by Gasteiger charge is -2.05. The number of fused-ring (bicyclic) bond motifs is 1. The van der Waals surface area contributed by atoms with Gasteiger partial charge in [0.2, 0.25) is 0 Å². The number of phenols is 1. The van der Waals surface area contributed by atoms with Crippen LogP contribution in [0.1, 0.15) is 0 Å². The first-order chi connectivity index (χ1) is 7.24. The molecule has 15 heavy (non-hydrogen) atoms. The summed E-state index contributed by atoms with van der Waals surface area (Å²) < 4.78 is 4.99. The monoisotopic (exact) mass is 203 g/mol. The van der Waals surface area contributed by atoms with Crippen LogP contribution in [0, 0.1) is 0 Å². The van der Waals surface area contributed by atoms with Gasteiger partial charge in [-0.3, -0.25) is 4.98 Å². The van der Waals surface area contributed by atoms with Crippen LogP contribution >= 0.6 is 0 Å². The first-order valence-electron chi connectivity index (χ1n) is 4.51. The van der Waals surface area contributed by atoms with Gasteiger partial charge < -0.3 is 14.9 Å². The lowest BCUT2D eigenvalue weighted by atomic mass is 9.89. The average molecular weight is 203 g/mol. The summed E-state index contributed by atoms with van der Waals surface area (Å²) in [5, 5.41) is 19.3. The highest BCUT2D eigenvalue weighted by molar-refractivity contribution is 6.45. The molecular weight excluding hydrogens is 193 g/mol. The second kappa shape index (κ2) is 3.78. The van der Waals surface area contributed by atoms with Gasteiger partial charge in [0.15, 0.2) is 11.5 Å². The molecule has 2 rings (SSSR count). The van der Waals surface area contributed by atoms with Crippen molar-refractivity contribution in [1.29, 1.82) is 0 Å². The number of pyridine rings is 1. The number of hydrogen-bond donors (Lipinski definition) is 2. The highest BCUT2D eigenvalue weighted by Gasteiger charge is 2.05. The van der Waals surface area contributed by atoms with Gasteiger partial charge in [0.1, 0.15) is 0 Å². The molecule has 0 aliphatic heterocycles. The van der Waals surface area contributed by atoms with E-state index < -0.39 is 0 Å². The first kappa shape index (κ1) is 9.80. The molecule has 0 saturated carbocycles. The van der Waals surface area contributed by atoms with Gasteiger partial charge in [-0.1, -0.05) is 6.07 Å². The van der Waals surface area contributed by atoms with Gasteiger partial charge in [-0.2, -0.15) is 0 Å². The molecule has 0 atom stereocenters. The Morgan fingerprint density at radius 3 is 2.80 bits per heavy atom. The largest absolute Gasteiger partial charge is 0.504 e. The standard InChI is InChI=1S/C10H10BNO3/c1-15-10-3-6-2-7(11-14)5-12-8(6)4-9(10)13/h2-5,11,13-14H,1H3. The molecule has 76 valence electrons. The summed E-state index contributed by atoms with van der Waals surface area (Å²) in [5.74, 6) is 0.466. The SMILES string of the molecule is COc1cc2cc(BO)cnc2cc1O. The van der Waals surface area contributed by atoms with Crippen molar-refractivity contribution in [3.63, 3.8) is 0 Å². The van der Waals surface area contributed by atoms with Crippen LogP contribution in [0.3, 0.4) is 0 Å². The molecule has 0 amide bonds. The Balaban J connectivity index is 2.66. The van der Waals surface area contributed by atoms with Crippen molar-refractivity contribution in [3.8, 4) is 11.5 Å². The van der Waals surface area contributed by atoms with Crippen LogP contribution in [-0.2, 0) is 0 Å². The van der Waals surface area contributed by atoms with E-state index in [9.17, 15) is 5.11 Å². The van der Waals surface area contributed by atoms with Crippen LogP contribution in [0.15, 0.2) is 24.4 Å². The third-order valence-electron chi connectivity index (χ3n) is 2.22. The van der Waals surface area contributed by atoms with Gasteiger partial charge in [-0.25, -0.2) is 0 Å². The normalized spacial score (nSPS) is 10.3. The summed E-state index contributed by atoms with van der Waals surface area (Å²) in [6.07, 6.45) is 1.58. The molecule has 2 aromatic rings. The van der Waals surface area contributed by atoms with Gasteiger partial charge in [0.25, 0.3) is 0 Å². The van der Waals surface area contributed by atoms with E-state index in [1.165, 1.54) is 13.2 Å². The van der Waals surface area contributed by atoms with E-state index in [-0.39, 0.29) is 13.2 Å². The zero-order chi connectivity index (χ0) is 10.8. The summed E-state index contributed by atoms with van der Waals surface area (Å²) in [7, 11) is 1.44. The molecule has 1 aromatic heterocycles. The quantitative estimate of drug-likeness (QED) is 0.670. The average Bonchev–Trinajstić information content (AvgIpc) is 2.27. The fourth-order valence-corrected chi connectivity index (χ4v) is 1.44. The second-order valence-electron chi connectivity index (χ2n) is 3.22. The van der Waals surface area contributed by atoms with E-state index in [1.54, 1.807) is 12.3 Å². The number of ether oxygens (including phenoxy) is 1. The van der Waals surface area contributed by atoms with Crippen molar-refractivity contribution in [2.45, 2.75) is 0 Å². The molecule has 4 nitrogen and oxygen atoms in total. The molecule has 0 aliphatic carbocycles. The minimum atomic E-state index is -0.0495. The summed E-state index contributed by atoms with van der Waals surface area (Å²) in [4.78, 5) is 4.11. The van der Waals surface area contributed by atoms with E-state index >= 15 is 0 Å². The van der Waals surface area contributed by atoms with Crippen molar-refractivity contribution in [3.05, 3.63) is 24.4 Å². The Bertz CT molecular complexity index is 501. The van der Waals surface area contributed by atoms with Crippen LogP contribution in [0.2, 0.25) is 0 Å². The van der Waals surface area contributed by atoms with Crippen molar-refractivity contribution in [1.82, 2.24) is 4.98 Å². The topological polar surface area (TPSA) is 62.6 Å². The minimum absolute atomic E-state index is 0.0495. The van der Waals surface area contributed by atoms with Crippen LogP contribution in [0.4, 0.5) is 0 Å². The highest BCUT2D eigenvalue weighted by Crippen LogP contribution is 2.29. The predicted molar refractivity (Wildman–Crippen MR) is 59.0 cm³/mol. The van der Waals surface area contributed by atoms with E-state index in [1.807, 2.05) is 6.07 Å². The second-order valence-corrected chi connectivity index (χ2v) is 3.22. The summed E-state index contributed by atoms with van der Waals surface area (Å²) in [5.41, 5.74) is 1.40. The Labute approximate surface area is 87.4 Å². The summed E-state index contributed by atoms with van der Waals surface area (Å²) >= 11 is 0. The number of phenolic OH excluding ortho intramolecular Hbond substituents is 1. The Hall–Kier alpha value is -1.75. The maximum atomic E-state index is 9.52. The summed E-state index contributed by atoms with van der Waals surface area (Å²) in [6, 6.07) is 5.04. The Morgan fingerprint density at radius 1 is 1.33 bits per heavy atom. The molecule has 0 aliphatic rings. The molecule has 1 aromatic carbocycles. The Kier molecular flexibility index (Phi) is 2.47. The van der Waals surface area contributed by atoms with Gasteiger partial charge >= 0.3 is 7.48 Å². The van der Waals surface area contributed by atoms with Crippen molar-refractivity contribution in [2.75, 3.05) is 7.11 Å². The number of nitrogens with zero attached hydrogens (tertiary/aromatic N) is 1. The zero-order valence-corrected chi connectivity index (χ0v) is 8.27. The third kappa shape index (κ3) is 1.73. The fraction of sp³-hybridized carbons (Fsp3) is 0.100. The molecule has 0 spiro atoms. The maximum Gasteiger partial charge on any atom is 0.306 e. The van der Waals surface area contributed by atoms with Crippen LogP contribution in [0.25, 0.3) is 10.9 Å². The maximum absolute atomic E-state index is 9.52. The van der Waals surface area contributed by atoms with Crippen molar-refractivity contribution in [2.24, 2.45) is 0 Å². The molecular formula is C10H10BNO3. The lowest BCUT2D eigenvalue weighted by Crippen LogP contribution is -2.13. The van der Waals surface area contributed by atoms with E-state index in [4.69, 9.17) is 9.76 Å². The smallest absolute Gasteiger partial charge is 0.306 e. The van der Waals surface area contributed by atoms with E-state index in [2.05, 4.69) is 4.98 Å². The molecule has 0 fully saturated rings. The van der Waals surface area contributed by atoms with E-state index in [0.29, 0.717) is 11.3 Å². The molecule has 0 unspecified atom stereocenters. The number of rotatable bonds is 2. The molecule has 5 heteroatoms. The molecule has 0 saturated heterocycles. The Morgan fingerprint density at radius 2 is 2.13 bits per heavy atom. The predicted octanol–water partition coefficient (Wildman–Crippen LogP) is -0.0819. The van der Waals surface area contributed by atoms with Crippen LogP contribution in [-0.4, -0.2) is 29.7 Å². The number of aromatic hydroxyl groups is 1. The van der Waals surface area contributed by atoms with E-state index in [0.717, 1.165) is 10.8 Å². The van der Waals surface area contributed by atoms with Crippen LogP contribution in [0.5, 0.6) is 11.5 Å². The molecule has 2 N–H and O–H groups in total. The third-order valence-corrected chi connectivity index (χ3v) is 2.22. The van der Waals surface area contributed by atoms with Crippen molar-refractivity contribution >= 4 is 23.8 Å². The van der Waals surface area contributed by atoms with Crippen molar-refractivity contribution < 1.29 is 14.9 Å². The minimum Gasteiger partial charge on any atom is -0.504 e. The highest BCUT2D eigenvalue weighted by atomic mass is 16.5. The van der Waals surface area contributed by atoms with Gasteiger partial charge in [-0.05, 0) is 11.5 Å².